The van der Waals surface area contributed by atoms with Crippen molar-refractivity contribution in [3.63, 3.8) is 0 Å². The Balaban J connectivity index is 3.39. The van der Waals surface area contributed by atoms with Crippen LogP contribution in [0.2, 0.25) is 0 Å². The summed E-state index contributed by atoms with van der Waals surface area (Å²) in [6, 6.07) is 0. The SMILES string of the molecule is C=C(C)C(NC(C)=O)=C(C=C(C)C)B1OC(C)(C)C(C)(C)O1. The largest absolute Gasteiger partial charge is 0.496 e. The highest BCUT2D eigenvalue weighted by atomic mass is 16.7. The molecule has 1 heterocycles. The smallest absolute Gasteiger partial charge is 0.399 e. The van der Waals surface area contributed by atoms with E-state index < -0.39 is 18.3 Å². The molecule has 0 aromatic carbocycles. The second-order valence-electron chi connectivity index (χ2n) is 7.10. The van der Waals surface area contributed by atoms with E-state index in [-0.39, 0.29) is 5.91 Å². The standard InChI is InChI=1S/C17H28BNO3/c1-11(2)10-14(15(12(3)4)19-13(5)20)18-21-16(6,7)17(8,9)22-18/h10H,3H2,1-2,4-9H3,(H,19,20). The molecule has 0 radical (unpaired) electrons. The van der Waals surface area contributed by atoms with Gasteiger partial charge >= 0.3 is 7.12 Å². The van der Waals surface area contributed by atoms with Crippen molar-refractivity contribution in [1.82, 2.24) is 5.32 Å². The predicted molar refractivity (Wildman–Crippen MR) is 91.2 cm³/mol. The summed E-state index contributed by atoms with van der Waals surface area (Å²) in [4.78, 5) is 11.5. The summed E-state index contributed by atoms with van der Waals surface area (Å²) >= 11 is 0. The molecule has 1 fully saturated rings. The third-order valence-electron chi connectivity index (χ3n) is 3.97. The van der Waals surface area contributed by atoms with Gasteiger partial charge in [-0.1, -0.05) is 18.2 Å². The number of rotatable bonds is 4. The molecule has 1 aliphatic rings. The first-order valence-corrected chi connectivity index (χ1v) is 7.55. The predicted octanol–water partition coefficient (Wildman–Crippen LogP) is 3.55. The molecule has 1 saturated heterocycles. The Morgan fingerprint density at radius 3 is 1.82 bits per heavy atom. The van der Waals surface area contributed by atoms with Crippen LogP contribution < -0.4 is 5.32 Å². The Morgan fingerprint density at radius 2 is 1.50 bits per heavy atom. The summed E-state index contributed by atoms with van der Waals surface area (Å²) in [7, 11) is -0.543. The van der Waals surface area contributed by atoms with Crippen molar-refractivity contribution in [1.29, 1.82) is 0 Å². The molecule has 0 aromatic rings. The van der Waals surface area contributed by atoms with E-state index in [1.807, 2.05) is 54.5 Å². The number of allylic oxidation sites excluding steroid dienone is 4. The molecule has 1 N–H and O–H groups in total. The average molecular weight is 305 g/mol. The topological polar surface area (TPSA) is 47.6 Å². The van der Waals surface area contributed by atoms with Gasteiger partial charge < -0.3 is 14.6 Å². The summed E-state index contributed by atoms with van der Waals surface area (Å²) in [5.74, 6) is -0.144. The second-order valence-corrected chi connectivity index (χ2v) is 7.10. The van der Waals surface area contributed by atoms with Gasteiger partial charge in [0.2, 0.25) is 5.91 Å². The molecule has 0 bridgehead atoms. The first kappa shape index (κ1) is 18.7. The Labute approximate surface area is 134 Å². The van der Waals surface area contributed by atoms with Gasteiger partial charge in [-0.05, 0) is 54.0 Å². The van der Waals surface area contributed by atoms with Crippen LogP contribution in [0.5, 0.6) is 0 Å². The van der Waals surface area contributed by atoms with E-state index in [0.717, 1.165) is 16.6 Å². The highest BCUT2D eigenvalue weighted by Crippen LogP contribution is 2.39. The van der Waals surface area contributed by atoms with E-state index in [2.05, 4.69) is 11.9 Å². The van der Waals surface area contributed by atoms with E-state index in [1.54, 1.807) is 0 Å². The van der Waals surface area contributed by atoms with Crippen molar-refractivity contribution >= 4 is 13.0 Å². The fourth-order valence-electron chi connectivity index (χ4n) is 2.14. The summed E-state index contributed by atoms with van der Waals surface area (Å²) < 4.78 is 12.2. The summed E-state index contributed by atoms with van der Waals surface area (Å²) in [5, 5.41) is 2.85. The number of carbonyl (C=O) groups is 1. The zero-order valence-electron chi connectivity index (χ0n) is 15.1. The molecule has 4 nitrogen and oxygen atoms in total. The zero-order valence-corrected chi connectivity index (χ0v) is 15.1. The van der Waals surface area contributed by atoms with Crippen LogP contribution >= 0.6 is 0 Å². The van der Waals surface area contributed by atoms with E-state index in [9.17, 15) is 4.79 Å². The molecular weight excluding hydrogens is 277 g/mol. The van der Waals surface area contributed by atoms with Crippen LogP contribution in [0.1, 0.15) is 55.4 Å². The van der Waals surface area contributed by atoms with Crippen molar-refractivity contribution < 1.29 is 14.1 Å². The number of hydrogen-bond acceptors (Lipinski definition) is 3. The Morgan fingerprint density at radius 1 is 1.05 bits per heavy atom. The average Bonchev–Trinajstić information content (AvgIpc) is 2.51. The minimum absolute atomic E-state index is 0.144. The normalized spacial score (nSPS) is 20.3. The van der Waals surface area contributed by atoms with Crippen LogP contribution in [0.3, 0.4) is 0 Å². The van der Waals surface area contributed by atoms with Crippen LogP contribution in [0, 0.1) is 0 Å². The van der Waals surface area contributed by atoms with Gasteiger partial charge in [-0.3, -0.25) is 4.79 Å². The number of amides is 1. The molecule has 22 heavy (non-hydrogen) atoms. The molecule has 0 unspecified atom stereocenters. The molecular formula is C17H28BNO3. The van der Waals surface area contributed by atoms with Gasteiger partial charge in [-0.15, -0.1) is 0 Å². The fourth-order valence-corrected chi connectivity index (χ4v) is 2.14. The monoisotopic (exact) mass is 305 g/mol. The maximum atomic E-state index is 11.5. The first-order valence-electron chi connectivity index (χ1n) is 7.55. The highest BCUT2D eigenvalue weighted by molar-refractivity contribution is 6.56. The second kappa shape index (κ2) is 6.43. The Kier molecular flexibility index (Phi) is 5.47. The molecule has 0 spiro atoms. The minimum Gasteiger partial charge on any atom is -0.399 e. The summed E-state index contributed by atoms with van der Waals surface area (Å²) in [6.45, 7) is 19.3. The molecule has 5 heteroatoms. The van der Waals surface area contributed by atoms with Gasteiger partial charge in [-0.2, -0.15) is 0 Å². The molecule has 0 saturated carbocycles. The lowest BCUT2D eigenvalue weighted by molar-refractivity contribution is -0.118. The molecule has 1 rings (SSSR count). The molecule has 1 aliphatic heterocycles. The number of nitrogens with one attached hydrogen (secondary N) is 1. The third kappa shape index (κ3) is 4.11. The van der Waals surface area contributed by atoms with Crippen LogP contribution in [0.15, 0.2) is 35.0 Å². The maximum absolute atomic E-state index is 11.5. The van der Waals surface area contributed by atoms with Gasteiger partial charge in [-0.25, -0.2) is 0 Å². The van der Waals surface area contributed by atoms with Gasteiger partial charge in [0.05, 0.1) is 11.2 Å². The summed E-state index contributed by atoms with van der Waals surface area (Å²) in [5.41, 5.74) is 2.43. The number of hydrogen-bond donors (Lipinski definition) is 1. The quantitative estimate of drug-likeness (QED) is 0.638. The highest BCUT2D eigenvalue weighted by Gasteiger charge is 2.52. The molecule has 0 atom stereocenters. The van der Waals surface area contributed by atoms with Crippen LogP contribution in [0.25, 0.3) is 0 Å². The Bertz CT molecular complexity index is 524. The Hall–Kier alpha value is -1.33. The lowest BCUT2D eigenvalue weighted by atomic mass is 9.74. The van der Waals surface area contributed by atoms with Crippen molar-refractivity contribution in [3.05, 3.63) is 35.0 Å². The minimum atomic E-state index is -0.543. The van der Waals surface area contributed by atoms with Crippen LogP contribution in [-0.4, -0.2) is 24.2 Å². The van der Waals surface area contributed by atoms with Crippen LogP contribution in [0.4, 0.5) is 0 Å². The van der Waals surface area contributed by atoms with Gasteiger partial charge in [0.25, 0.3) is 0 Å². The third-order valence-corrected chi connectivity index (χ3v) is 3.97. The number of carbonyl (C=O) groups excluding carboxylic acids is 1. The van der Waals surface area contributed by atoms with E-state index >= 15 is 0 Å². The van der Waals surface area contributed by atoms with Gasteiger partial charge in [0.1, 0.15) is 0 Å². The van der Waals surface area contributed by atoms with E-state index in [4.69, 9.17) is 9.31 Å². The van der Waals surface area contributed by atoms with Crippen molar-refractivity contribution in [3.8, 4) is 0 Å². The fraction of sp³-hybridized carbons (Fsp3) is 0.588. The first-order chi connectivity index (χ1) is 9.87. The van der Waals surface area contributed by atoms with E-state index in [1.165, 1.54) is 6.92 Å². The van der Waals surface area contributed by atoms with E-state index in [0.29, 0.717) is 5.70 Å². The van der Waals surface area contributed by atoms with Crippen molar-refractivity contribution in [2.24, 2.45) is 0 Å². The van der Waals surface area contributed by atoms with Gasteiger partial charge in [0, 0.05) is 18.1 Å². The van der Waals surface area contributed by atoms with Gasteiger partial charge in [0.15, 0.2) is 0 Å². The molecule has 1 amide bonds. The molecule has 0 aliphatic carbocycles. The van der Waals surface area contributed by atoms with Crippen molar-refractivity contribution in [2.45, 2.75) is 66.6 Å². The zero-order chi connectivity index (χ0) is 17.3. The molecule has 0 aromatic heterocycles. The maximum Gasteiger partial charge on any atom is 0.496 e. The summed E-state index contributed by atoms with van der Waals surface area (Å²) in [6.07, 6.45) is 1.97. The van der Waals surface area contributed by atoms with Crippen LogP contribution in [-0.2, 0) is 14.1 Å². The lowest BCUT2D eigenvalue weighted by Gasteiger charge is -2.32. The van der Waals surface area contributed by atoms with Crippen molar-refractivity contribution in [2.75, 3.05) is 0 Å². The lowest BCUT2D eigenvalue weighted by Crippen LogP contribution is -2.41. The molecule has 122 valence electrons.